The molecule has 3 rings (SSSR count). The molecule has 6 nitrogen and oxygen atoms in total. The molecule has 36 heavy (non-hydrogen) atoms. The number of aliphatic hydroxyl groups is 2. The van der Waals surface area contributed by atoms with Crippen molar-refractivity contribution >= 4 is 12.0 Å². The molecule has 0 aliphatic heterocycles. The molecule has 3 aromatic rings. The molecule has 1 aromatic heterocycles. The van der Waals surface area contributed by atoms with Gasteiger partial charge in [-0.15, -0.1) is 0 Å². The van der Waals surface area contributed by atoms with Gasteiger partial charge in [0, 0.05) is 30.3 Å². The number of carboxylic acids is 1. The van der Waals surface area contributed by atoms with E-state index in [1.54, 1.807) is 37.6 Å². The summed E-state index contributed by atoms with van der Waals surface area (Å²) in [7, 11) is 1.61. The number of hydrogen-bond donors (Lipinski definition) is 3. The highest BCUT2D eigenvalue weighted by molar-refractivity contribution is 5.83. The van der Waals surface area contributed by atoms with Crippen molar-refractivity contribution in [3.8, 4) is 16.9 Å². The molecule has 0 saturated carbocycles. The van der Waals surface area contributed by atoms with Gasteiger partial charge in [-0.05, 0) is 58.5 Å². The van der Waals surface area contributed by atoms with E-state index in [0.717, 1.165) is 33.5 Å². The number of ether oxygens (including phenoxy) is 1. The Labute approximate surface area is 210 Å². The van der Waals surface area contributed by atoms with Crippen LogP contribution in [0.4, 0.5) is 4.39 Å². The Morgan fingerprint density at radius 3 is 2.44 bits per heavy atom. The zero-order chi connectivity index (χ0) is 26.2. The summed E-state index contributed by atoms with van der Waals surface area (Å²) in [4.78, 5) is 15.3. The molecule has 0 amide bonds. The fourth-order valence-corrected chi connectivity index (χ4v) is 4.23. The average molecular weight is 494 g/mol. The standard InChI is InChI=1S/C29H32FNO5/c1-18(2)25-17-27(36-3)26(14-21-6-4-5-13-31-21)29(19-7-9-20(30)10-8-19)24(25)12-11-22(32)15-23(33)16-28(34)35/h4-13,17-18,22-23,32-33H,14-16H2,1-3H3,(H,34,35)/b12-11+. The van der Waals surface area contributed by atoms with Gasteiger partial charge in [0.1, 0.15) is 11.6 Å². The van der Waals surface area contributed by atoms with Gasteiger partial charge >= 0.3 is 5.97 Å². The molecule has 7 heteroatoms. The number of aliphatic carboxylic acids is 1. The van der Waals surface area contributed by atoms with Gasteiger partial charge in [-0.2, -0.15) is 0 Å². The largest absolute Gasteiger partial charge is 0.496 e. The zero-order valence-corrected chi connectivity index (χ0v) is 20.7. The number of carboxylic acid groups (broad SMARTS) is 1. The molecule has 0 radical (unpaired) electrons. The second kappa shape index (κ2) is 12.4. The van der Waals surface area contributed by atoms with Crippen LogP contribution >= 0.6 is 0 Å². The smallest absolute Gasteiger partial charge is 0.305 e. The molecule has 3 N–H and O–H groups in total. The minimum atomic E-state index is -1.17. The molecule has 190 valence electrons. The minimum Gasteiger partial charge on any atom is -0.496 e. The molecule has 0 aliphatic rings. The Morgan fingerprint density at radius 1 is 1.14 bits per heavy atom. The predicted molar refractivity (Wildman–Crippen MR) is 137 cm³/mol. The summed E-state index contributed by atoms with van der Waals surface area (Å²) >= 11 is 0. The van der Waals surface area contributed by atoms with Gasteiger partial charge in [0.15, 0.2) is 0 Å². The van der Waals surface area contributed by atoms with Crippen LogP contribution in [0.5, 0.6) is 5.75 Å². The van der Waals surface area contributed by atoms with Crippen LogP contribution in [0, 0.1) is 5.82 Å². The average Bonchev–Trinajstić information content (AvgIpc) is 2.83. The lowest BCUT2D eigenvalue weighted by molar-refractivity contribution is -0.139. The van der Waals surface area contributed by atoms with Crippen LogP contribution in [-0.2, 0) is 11.2 Å². The maximum atomic E-state index is 13.8. The highest BCUT2D eigenvalue weighted by atomic mass is 19.1. The molecular formula is C29H32FNO5. The van der Waals surface area contributed by atoms with E-state index < -0.39 is 24.6 Å². The summed E-state index contributed by atoms with van der Waals surface area (Å²) in [6, 6.07) is 13.9. The summed E-state index contributed by atoms with van der Waals surface area (Å²) in [6.07, 6.45) is 2.75. The molecule has 2 atom stereocenters. The molecular weight excluding hydrogens is 461 g/mol. The lowest BCUT2D eigenvalue weighted by atomic mass is 9.84. The van der Waals surface area contributed by atoms with Crippen LogP contribution < -0.4 is 4.74 Å². The molecule has 0 spiro atoms. The predicted octanol–water partition coefficient (Wildman–Crippen LogP) is 5.21. The number of halogens is 1. The molecule has 0 aliphatic carbocycles. The number of aromatic nitrogens is 1. The second-order valence-corrected chi connectivity index (χ2v) is 9.01. The van der Waals surface area contributed by atoms with Gasteiger partial charge < -0.3 is 20.1 Å². The summed E-state index contributed by atoms with van der Waals surface area (Å²) in [5, 5.41) is 29.3. The van der Waals surface area contributed by atoms with E-state index in [0.29, 0.717) is 12.2 Å². The Morgan fingerprint density at radius 2 is 1.86 bits per heavy atom. The van der Waals surface area contributed by atoms with E-state index in [4.69, 9.17) is 9.84 Å². The topological polar surface area (TPSA) is 99.9 Å². The van der Waals surface area contributed by atoms with Crippen molar-refractivity contribution in [3.63, 3.8) is 0 Å². The Hall–Kier alpha value is -3.55. The van der Waals surface area contributed by atoms with Crippen LogP contribution in [0.1, 0.15) is 55.0 Å². The van der Waals surface area contributed by atoms with Gasteiger partial charge in [0.05, 0.1) is 25.7 Å². The molecule has 2 aromatic carbocycles. The van der Waals surface area contributed by atoms with E-state index in [1.165, 1.54) is 12.1 Å². The third-order valence-electron chi connectivity index (χ3n) is 5.93. The maximum Gasteiger partial charge on any atom is 0.305 e. The Kier molecular flexibility index (Phi) is 9.33. The summed E-state index contributed by atoms with van der Waals surface area (Å²) in [5.41, 5.74) is 5.11. The molecule has 2 unspecified atom stereocenters. The first-order chi connectivity index (χ1) is 17.2. The quantitative estimate of drug-likeness (QED) is 0.339. The normalized spacial score (nSPS) is 13.2. The van der Waals surface area contributed by atoms with Crippen LogP contribution in [0.2, 0.25) is 0 Å². The maximum absolute atomic E-state index is 13.8. The molecule has 0 fully saturated rings. The van der Waals surface area contributed by atoms with Crippen LogP contribution in [0.25, 0.3) is 17.2 Å². The number of rotatable bonds is 11. The number of methoxy groups -OCH3 is 1. The van der Waals surface area contributed by atoms with E-state index in [9.17, 15) is 19.4 Å². The monoisotopic (exact) mass is 493 g/mol. The number of pyridine rings is 1. The van der Waals surface area contributed by atoms with Crippen molar-refractivity contribution in [2.75, 3.05) is 7.11 Å². The Balaban J connectivity index is 2.19. The van der Waals surface area contributed by atoms with E-state index in [-0.39, 0.29) is 18.2 Å². The minimum absolute atomic E-state index is 0.0939. The first kappa shape index (κ1) is 27.0. The van der Waals surface area contributed by atoms with Gasteiger partial charge in [-0.25, -0.2) is 4.39 Å². The van der Waals surface area contributed by atoms with Gasteiger partial charge in [-0.3, -0.25) is 9.78 Å². The number of hydrogen-bond acceptors (Lipinski definition) is 5. The highest BCUT2D eigenvalue weighted by Gasteiger charge is 2.22. The Bertz CT molecular complexity index is 1190. The summed E-state index contributed by atoms with van der Waals surface area (Å²) < 4.78 is 19.6. The van der Waals surface area contributed by atoms with E-state index in [1.807, 2.05) is 38.1 Å². The van der Waals surface area contributed by atoms with Gasteiger partial charge in [0.25, 0.3) is 0 Å². The van der Waals surface area contributed by atoms with Crippen molar-refractivity contribution in [1.82, 2.24) is 4.98 Å². The molecule has 0 saturated heterocycles. The van der Waals surface area contributed by atoms with Crippen molar-refractivity contribution < 1.29 is 29.2 Å². The first-order valence-electron chi connectivity index (χ1n) is 11.8. The number of aliphatic hydroxyl groups excluding tert-OH is 2. The van der Waals surface area contributed by atoms with Crippen LogP contribution in [0.3, 0.4) is 0 Å². The summed E-state index contributed by atoms with van der Waals surface area (Å²) in [6.45, 7) is 4.10. The fraction of sp³-hybridized carbons (Fsp3) is 0.310. The van der Waals surface area contributed by atoms with E-state index >= 15 is 0 Å². The van der Waals surface area contributed by atoms with Crippen molar-refractivity contribution in [2.45, 2.75) is 51.2 Å². The third kappa shape index (κ3) is 6.99. The van der Waals surface area contributed by atoms with Crippen LogP contribution in [0.15, 0.2) is 60.8 Å². The van der Waals surface area contributed by atoms with Gasteiger partial charge in [0.2, 0.25) is 0 Å². The van der Waals surface area contributed by atoms with Crippen molar-refractivity contribution in [3.05, 3.63) is 89.0 Å². The van der Waals surface area contributed by atoms with Crippen molar-refractivity contribution in [1.29, 1.82) is 0 Å². The number of carbonyl (C=O) groups is 1. The SMILES string of the molecule is COc1cc(C(C)C)c(/C=C/C(O)CC(O)CC(=O)O)c(-c2ccc(F)cc2)c1Cc1ccccn1. The van der Waals surface area contributed by atoms with Crippen LogP contribution in [-0.4, -0.2) is 45.6 Å². The highest BCUT2D eigenvalue weighted by Crippen LogP contribution is 2.41. The first-order valence-corrected chi connectivity index (χ1v) is 11.8. The fourth-order valence-electron chi connectivity index (χ4n) is 4.23. The molecule has 1 heterocycles. The third-order valence-corrected chi connectivity index (χ3v) is 5.93. The summed E-state index contributed by atoms with van der Waals surface area (Å²) in [5.74, 6) is -0.708. The van der Waals surface area contributed by atoms with Crippen molar-refractivity contribution in [2.24, 2.45) is 0 Å². The number of nitrogens with zero attached hydrogens (tertiary/aromatic N) is 1. The zero-order valence-electron chi connectivity index (χ0n) is 20.7. The number of benzene rings is 2. The van der Waals surface area contributed by atoms with E-state index in [2.05, 4.69) is 4.98 Å². The van der Waals surface area contributed by atoms with Gasteiger partial charge in [-0.1, -0.05) is 44.2 Å². The lowest BCUT2D eigenvalue weighted by Gasteiger charge is -2.23. The molecule has 0 bridgehead atoms. The lowest BCUT2D eigenvalue weighted by Crippen LogP contribution is -2.19. The second-order valence-electron chi connectivity index (χ2n) is 9.01.